The number of furan rings is 1. The zero-order valence-electron chi connectivity index (χ0n) is 8.72. The zero-order valence-corrected chi connectivity index (χ0v) is 9.54. The number of rotatable bonds is 3. The summed E-state index contributed by atoms with van der Waals surface area (Å²) in [5.41, 5.74) is 1.28. The summed E-state index contributed by atoms with van der Waals surface area (Å²) in [6.45, 7) is 3.44. The SMILES string of the molecule is Cc1noc(NS(=O)(=O)c2ccco2)c1C. The number of hydrogen-bond donors (Lipinski definition) is 1. The Labute approximate surface area is 92.3 Å². The molecule has 0 fully saturated rings. The molecule has 0 unspecified atom stereocenters. The molecule has 86 valence electrons. The smallest absolute Gasteiger partial charge is 0.297 e. The van der Waals surface area contributed by atoms with Gasteiger partial charge in [0.15, 0.2) is 0 Å². The standard InChI is InChI=1S/C9H10N2O4S/c1-6-7(2)10-15-9(6)11-16(12,13)8-4-3-5-14-8/h3-5,11H,1-2H3. The molecule has 1 N–H and O–H groups in total. The van der Waals surface area contributed by atoms with E-state index in [1.165, 1.54) is 18.4 Å². The van der Waals surface area contributed by atoms with Crippen LogP contribution in [0.3, 0.4) is 0 Å². The monoisotopic (exact) mass is 242 g/mol. The van der Waals surface area contributed by atoms with Gasteiger partial charge in [0.1, 0.15) is 0 Å². The summed E-state index contributed by atoms with van der Waals surface area (Å²) in [5.74, 6) is 0.105. The highest BCUT2D eigenvalue weighted by atomic mass is 32.2. The first-order valence-electron chi connectivity index (χ1n) is 4.50. The fraction of sp³-hybridized carbons (Fsp3) is 0.222. The topological polar surface area (TPSA) is 85.3 Å². The van der Waals surface area contributed by atoms with E-state index < -0.39 is 10.0 Å². The Hall–Kier alpha value is -1.76. The number of hydrogen-bond acceptors (Lipinski definition) is 5. The Morgan fingerprint density at radius 3 is 2.62 bits per heavy atom. The minimum Gasteiger partial charge on any atom is -0.451 e. The molecule has 0 aliphatic carbocycles. The van der Waals surface area contributed by atoms with Crippen LogP contribution in [0, 0.1) is 13.8 Å². The van der Waals surface area contributed by atoms with E-state index in [0.717, 1.165) is 0 Å². The average Bonchev–Trinajstić information content (AvgIpc) is 2.83. The van der Waals surface area contributed by atoms with Gasteiger partial charge in [0.05, 0.1) is 12.0 Å². The maximum Gasteiger partial charge on any atom is 0.297 e. The van der Waals surface area contributed by atoms with Crippen LogP contribution in [0.4, 0.5) is 5.88 Å². The largest absolute Gasteiger partial charge is 0.451 e. The van der Waals surface area contributed by atoms with Gasteiger partial charge in [-0.15, -0.1) is 0 Å². The molecule has 0 radical (unpaired) electrons. The van der Waals surface area contributed by atoms with Crippen molar-refractivity contribution in [2.24, 2.45) is 0 Å². The highest BCUT2D eigenvalue weighted by Crippen LogP contribution is 2.21. The molecule has 2 aromatic heterocycles. The molecule has 0 saturated carbocycles. The van der Waals surface area contributed by atoms with Crippen LogP contribution in [0.15, 0.2) is 32.4 Å². The molecule has 0 aromatic carbocycles. The molecule has 16 heavy (non-hydrogen) atoms. The van der Waals surface area contributed by atoms with Crippen LogP contribution < -0.4 is 4.72 Å². The van der Waals surface area contributed by atoms with Gasteiger partial charge >= 0.3 is 0 Å². The normalized spacial score (nSPS) is 11.6. The van der Waals surface area contributed by atoms with Crippen molar-refractivity contribution in [1.29, 1.82) is 0 Å². The quantitative estimate of drug-likeness (QED) is 0.885. The second-order valence-corrected chi connectivity index (χ2v) is 4.87. The molecule has 0 saturated heterocycles. The Balaban J connectivity index is 2.32. The van der Waals surface area contributed by atoms with Gasteiger partial charge in [0, 0.05) is 5.56 Å². The highest BCUT2D eigenvalue weighted by molar-refractivity contribution is 7.92. The summed E-state index contributed by atoms with van der Waals surface area (Å²) < 4.78 is 35.4. The van der Waals surface area contributed by atoms with E-state index in [1.807, 2.05) is 0 Å². The Bertz CT molecular complexity index is 583. The fourth-order valence-electron chi connectivity index (χ4n) is 1.10. The van der Waals surface area contributed by atoms with Crippen molar-refractivity contribution in [2.75, 3.05) is 4.72 Å². The molecule has 0 spiro atoms. The van der Waals surface area contributed by atoms with E-state index in [4.69, 9.17) is 8.94 Å². The van der Waals surface area contributed by atoms with E-state index in [9.17, 15) is 8.42 Å². The van der Waals surface area contributed by atoms with E-state index in [0.29, 0.717) is 11.3 Å². The van der Waals surface area contributed by atoms with Crippen LogP contribution in [0.1, 0.15) is 11.3 Å². The van der Waals surface area contributed by atoms with Gasteiger partial charge in [-0.2, -0.15) is 8.42 Å². The van der Waals surface area contributed by atoms with Gasteiger partial charge in [0.25, 0.3) is 10.0 Å². The third kappa shape index (κ3) is 1.81. The molecule has 7 heteroatoms. The number of aryl methyl sites for hydroxylation is 1. The number of sulfonamides is 1. The maximum atomic E-state index is 11.7. The predicted molar refractivity (Wildman–Crippen MR) is 55.5 cm³/mol. The van der Waals surface area contributed by atoms with Crippen LogP contribution in [0.5, 0.6) is 0 Å². The van der Waals surface area contributed by atoms with Crippen molar-refractivity contribution in [1.82, 2.24) is 5.16 Å². The second-order valence-electron chi connectivity index (χ2n) is 3.26. The second kappa shape index (κ2) is 3.67. The first kappa shape index (κ1) is 10.7. The first-order chi connectivity index (χ1) is 7.50. The number of anilines is 1. The Morgan fingerprint density at radius 1 is 1.38 bits per heavy atom. The predicted octanol–water partition coefficient (Wildman–Crippen LogP) is 1.69. The van der Waals surface area contributed by atoms with Crippen LogP contribution >= 0.6 is 0 Å². The van der Waals surface area contributed by atoms with Gasteiger partial charge in [0.2, 0.25) is 11.0 Å². The number of aromatic nitrogens is 1. The number of nitrogens with one attached hydrogen (secondary N) is 1. The lowest BCUT2D eigenvalue weighted by Gasteiger charge is -2.01. The summed E-state index contributed by atoms with van der Waals surface area (Å²) in [5, 5.41) is 3.48. The Morgan fingerprint density at radius 2 is 2.12 bits per heavy atom. The molecule has 0 aliphatic rings. The van der Waals surface area contributed by atoms with Crippen LogP contribution in [0.2, 0.25) is 0 Å². The lowest BCUT2D eigenvalue weighted by Crippen LogP contribution is -2.12. The molecule has 2 heterocycles. The van der Waals surface area contributed by atoms with Crippen molar-refractivity contribution in [2.45, 2.75) is 18.9 Å². The lowest BCUT2D eigenvalue weighted by atomic mass is 10.3. The van der Waals surface area contributed by atoms with Crippen LogP contribution in [-0.4, -0.2) is 13.6 Å². The van der Waals surface area contributed by atoms with Crippen LogP contribution in [0.25, 0.3) is 0 Å². The summed E-state index contributed by atoms with van der Waals surface area (Å²) in [6, 6.07) is 2.84. The number of nitrogens with zero attached hydrogens (tertiary/aromatic N) is 1. The first-order valence-corrected chi connectivity index (χ1v) is 5.98. The highest BCUT2D eigenvalue weighted by Gasteiger charge is 2.21. The molecule has 0 atom stereocenters. The van der Waals surface area contributed by atoms with E-state index >= 15 is 0 Å². The van der Waals surface area contributed by atoms with Gasteiger partial charge in [-0.1, -0.05) is 5.16 Å². The Kier molecular flexibility index (Phi) is 2.47. The summed E-state index contributed by atoms with van der Waals surface area (Å²) in [4.78, 5) is 0. The summed E-state index contributed by atoms with van der Waals surface area (Å²) in [7, 11) is -3.73. The third-order valence-corrected chi connectivity index (χ3v) is 3.36. The molecular weight excluding hydrogens is 232 g/mol. The minimum absolute atomic E-state index is 0.105. The molecule has 2 aromatic rings. The minimum atomic E-state index is -3.73. The molecular formula is C9H10N2O4S. The van der Waals surface area contributed by atoms with Gasteiger partial charge in [-0.25, -0.2) is 4.72 Å². The van der Waals surface area contributed by atoms with Crippen molar-refractivity contribution < 1.29 is 17.4 Å². The molecule has 0 amide bonds. The van der Waals surface area contributed by atoms with E-state index in [2.05, 4.69) is 9.88 Å². The average molecular weight is 242 g/mol. The molecule has 6 nitrogen and oxygen atoms in total. The molecule has 2 rings (SSSR count). The van der Waals surface area contributed by atoms with Gasteiger partial charge < -0.3 is 8.94 Å². The van der Waals surface area contributed by atoms with Crippen molar-refractivity contribution in [3.63, 3.8) is 0 Å². The summed E-state index contributed by atoms with van der Waals surface area (Å²) >= 11 is 0. The third-order valence-electron chi connectivity index (χ3n) is 2.14. The fourth-order valence-corrected chi connectivity index (χ4v) is 2.07. The molecule has 0 bridgehead atoms. The van der Waals surface area contributed by atoms with Gasteiger partial charge in [-0.05, 0) is 26.0 Å². The zero-order chi connectivity index (χ0) is 11.8. The van der Waals surface area contributed by atoms with Crippen LogP contribution in [-0.2, 0) is 10.0 Å². The lowest BCUT2D eigenvalue weighted by molar-refractivity contribution is 0.427. The molecule has 0 aliphatic heterocycles. The van der Waals surface area contributed by atoms with E-state index in [-0.39, 0.29) is 11.0 Å². The van der Waals surface area contributed by atoms with Crippen molar-refractivity contribution in [3.05, 3.63) is 29.7 Å². The van der Waals surface area contributed by atoms with Crippen molar-refractivity contribution >= 4 is 15.9 Å². The maximum absolute atomic E-state index is 11.7. The van der Waals surface area contributed by atoms with E-state index in [1.54, 1.807) is 13.8 Å². The van der Waals surface area contributed by atoms with Crippen molar-refractivity contribution in [3.8, 4) is 0 Å². The summed E-state index contributed by atoms with van der Waals surface area (Å²) in [6.07, 6.45) is 1.28. The van der Waals surface area contributed by atoms with Gasteiger partial charge in [-0.3, -0.25) is 0 Å².